The third kappa shape index (κ3) is 1.18. The van der Waals surface area contributed by atoms with Gasteiger partial charge in [0, 0.05) is 0 Å². The molecule has 2 aromatic rings. The van der Waals surface area contributed by atoms with Crippen molar-refractivity contribution in [3.8, 4) is 5.95 Å². The van der Waals surface area contributed by atoms with E-state index < -0.39 is 0 Å². The van der Waals surface area contributed by atoms with Gasteiger partial charge in [-0.2, -0.15) is 0 Å². The summed E-state index contributed by atoms with van der Waals surface area (Å²) < 4.78 is 10.4. The van der Waals surface area contributed by atoms with Crippen LogP contribution in [0.4, 0.5) is 0 Å². The van der Waals surface area contributed by atoms with E-state index in [-0.39, 0.29) is 11.4 Å². The molecular formula is C11H10O3. The van der Waals surface area contributed by atoms with Gasteiger partial charge in [0.1, 0.15) is 5.58 Å². The smallest absolute Gasteiger partial charge is 0.291 e. The Balaban J connectivity index is 2.92. The lowest BCUT2D eigenvalue weighted by molar-refractivity contribution is 0.306. The normalized spacial score (nSPS) is 10.4. The van der Waals surface area contributed by atoms with Crippen molar-refractivity contribution in [3.05, 3.63) is 40.1 Å². The van der Waals surface area contributed by atoms with Crippen molar-refractivity contribution in [2.75, 3.05) is 7.11 Å². The summed E-state index contributed by atoms with van der Waals surface area (Å²) in [7, 11) is 1.49. The van der Waals surface area contributed by atoms with Gasteiger partial charge in [0.25, 0.3) is 5.95 Å². The summed E-state index contributed by atoms with van der Waals surface area (Å²) in [4.78, 5) is 11.8. The van der Waals surface area contributed by atoms with E-state index in [1.165, 1.54) is 7.11 Å². The van der Waals surface area contributed by atoms with Crippen molar-refractivity contribution in [1.29, 1.82) is 0 Å². The molecule has 0 unspecified atom stereocenters. The Hall–Kier alpha value is -1.77. The number of fused-ring (bicyclic) bond motifs is 1. The molecule has 0 saturated carbocycles. The fourth-order valence-electron chi connectivity index (χ4n) is 1.41. The number of para-hydroxylation sites is 1. The van der Waals surface area contributed by atoms with Crippen LogP contribution in [-0.4, -0.2) is 7.11 Å². The lowest BCUT2D eigenvalue weighted by Crippen LogP contribution is -2.06. The molecule has 0 atom stereocenters. The number of hydrogen-bond donors (Lipinski definition) is 0. The van der Waals surface area contributed by atoms with Crippen LogP contribution in [-0.2, 0) is 0 Å². The third-order valence-electron chi connectivity index (χ3n) is 2.17. The average Bonchev–Trinajstić information content (AvgIpc) is 2.23. The molecule has 0 aliphatic carbocycles. The van der Waals surface area contributed by atoms with Crippen molar-refractivity contribution in [2.24, 2.45) is 0 Å². The minimum Gasteiger partial charge on any atom is -0.468 e. The van der Waals surface area contributed by atoms with Gasteiger partial charge >= 0.3 is 0 Å². The molecule has 0 N–H and O–H groups in total. The van der Waals surface area contributed by atoms with Gasteiger partial charge in [0.2, 0.25) is 0 Å². The van der Waals surface area contributed by atoms with Gasteiger partial charge in [0.05, 0.1) is 18.1 Å². The Bertz CT molecular complexity index is 526. The summed E-state index contributed by atoms with van der Waals surface area (Å²) in [6.45, 7) is 1.69. The highest BCUT2D eigenvalue weighted by Gasteiger charge is 2.09. The SMILES string of the molecule is COc1oc2ccccc2c(=O)c1C. The molecule has 0 bridgehead atoms. The zero-order chi connectivity index (χ0) is 10.1. The molecule has 0 spiro atoms. The summed E-state index contributed by atoms with van der Waals surface area (Å²) in [5.74, 6) is 0.286. The summed E-state index contributed by atoms with van der Waals surface area (Å²) in [6, 6.07) is 7.12. The van der Waals surface area contributed by atoms with E-state index in [2.05, 4.69) is 0 Å². The molecule has 3 nitrogen and oxygen atoms in total. The fraction of sp³-hybridized carbons (Fsp3) is 0.182. The van der Waals surface area contributed by atoms with Crippen LogP contribution in [0.1, 0.15) is 5.56 Å². The third-order valence-corrected chi connectivity index (χ3v) is 2.17. The highest BCUT2D eigenvalue weighted by molar-refractivity contribution is 5.77. The standard InChI is InChI=1S/C11H10O3/c1-7-10(12)8-5-3-4-6-9(8)14-11(7)13-2/h3-6H,1-2H3. The molecule has 2 rings (SSSR count). The maximum absolute atomic E-state index is 11.8. The van der Waals surface area contributed by atoms with E-state index in [1.54, 1.807) is 19.1 Å². The first-order chi connectivity index (χ1) is 6.74. The van der Waals surface area contributed by atoms with Crippen molar-refractivity contribution < 1.29 is 9.15 Å². The van der Waals surface area contributed by atoms with E-state index in [4.69, 9.17) is 9.15 Å². The molecule has 0 fully saturated rings. The zero-order valence-electron chi connectivity index (χ0n) is 8.03. The number of rotatable bonds is 1. The second-order valence-electron chi connectivity index (χ2n) is 3.04. The lowest BCUT2D eigenvalue weighted by Gasteiger charge is -2.03. The highest BCUT2D eigenvalue weighted by Crippen LogP contribution is 2.20. The molecule has 72 valence electrons. The molecule has 0 amide bonds. The van der Waals surface area contributed by atoms with Crippen molar-refractivity contribution in [3.63, 3.8) is 0 Å². The molecule has 1 aromatic carbocycles. The summed E-state index contributed by atoms with van der Waals surface area (Å²) in [5, 5.41) is 0.589. The first-order valence-corrected chi connectivity index (χ1v) is 4.30. The van der Waals surface area contributed by atoms with Crippen LogP contribution in [0.3, 0.4) is 0 Å². The molecule has 14 heavy (non-hydrogen) atoms. The Kier molecular flexibility index (Phi) is 2.00. The minimum absolute atomic E-state index is 0.0382. The van der Waals surface area contributed by atoms with Gasteiger partial charge in [0.15, 0.2) is 5.43 Å². The summed E-state index contributed by atoms with van der Waals surface area (Å²) >= 11 is 0. The lowest BCUT2D eigenvalue weighted by atomic mass is 10.2. The van der Waals surface area contributed by atoms with Gasteiger partial charge in [-0.3, -0.25) is 4.79 Å². The Morgan fingerprint density at radius 2 is 2.00 bits per heavy atom. The maximum atomic E-state index is 11.8. The van der Waals surface area contributed by atoms with Gasteiger partial charge in [-0.15, -0.1) is 0 Å². The number of benzene rings is 1. The molecule has 0 aliphatic rings. The van der Waals surface area contributed by atoms with Gasteiger partial charge in [-0.25, -0.2) is 0 Å². The quantitative estimate of drug-likeness (QED) is 0.691. The number of methoxy groups -OCH3 is 1. The highest BCUT2D eigenvalue weighted by atomic mass is 16.6. The first-order valence-electron chi connectivity index (χ1n) is 4.30. The van der Waals surface area contributed by atoms with E-state index in [9.17, 15) is 4.79 Å². The van der Waals surface area contributed by atoms with Crippen LogP contribution in [0.15, 0.2) is 33.5 Å². The molecule has 1 heterocycles. The second kappa shape index (κ2) is 3.18. The van der Waals surface area contributed by atoms with Crippen molar-refractivity contribution in [1.82, 2.24) is 0 Å². The molecule has 3 heteroatoms. The summed E-state index contributed by atoms with van der Waals surface area (Å²) in [6.07, 6.45) is 0. The minimum atomic E-state index is -0.0382. The van der Waals surface area contributed by atoms with E-state index in [1.807, 2.05) is 12.1 Å². The van der Waals surface area contributed by atoms with Crippen LogP contribution >= 0.6 is 0 Å². The van der Waals surface area contributed by atoms with Gasteiger partial charge in [-0.1, -0.05) is 12.1 Å². The van der Waals surface area contributed by atoms with Crippen LogP contribution in [0.2, 0.25) is 0 Å². The Morgan fingerprint density at radius 3 is 2.71 bits per heavy atom. The first kappa shape index (κ1) is 8.81. The van der Waals surface area contributed by atoms with Crippen LogP contribution in [0.5, 0.6) is 5.95 Å². The maximum Gasteiger partial charge on any atom is 0.291 e. The largest absolute Gasteiger partial charge is 0.468 e. The zero-order valence-corrected chi connectivity index (χ0v) is 8.03. The summed E-state index contributed by atoms with van der Waals surface area (Å²) in [5.41, 5.74) is 1.02. The Labute approximate surface area is 80.9 Å². The average molecular weight is 190 g/mol. The van der Waals surface area contributed by atoms with E-state index in [0.29, 0.717) is 16.5 Å². The fourth-order valence-corrected chi connectivity index (χ4v) is 1.41. The molecule has 0 aliphatic heterocycles. The number of ether oxygens (including phenoxy) is 1. The molecule has 0 radical (unpaired) electrons. The van der Waals surface area contributed by atoms with Crippen molar-refractivity contribution >= 4 is 11.0 Å². The van der Waals surface area contributed by atoms with Crippen LogP contribution < -0.4 is 10.2 Å². The molecule has 1 aromatic heterocycles. The van der Waals surface area contributed by atoms with Gasteiger partial charge < -0.3 is 9.15 Å². The van der Waals surface area contributed by atoms with Gasteiger partial charge in [-0.05, 0) is 19.1 Å². The van der Waals surface area contributed by atoms with Crippen LogP contribution in [0.25, 0.3) is 11.0 Å². The number of hydrogen-bond acceptors (Lipinski definition) is 3. The monoisotopic (exact) mass is 190 g/mol. The van der Waals surface area contributed by atoms with Crippen LogP contribution in [0, 0.1) is 6.92 Å². The predicted molar refractivity (Wildman–Crippen MR) is 53.8 cm³/mol. The predicted octanol–water partition coefficient (Wildman–Crippen LogP) is 2.11. The molecular weight excluding hydrogens is 180 g/mol. The second-order valence-corrected chi connectivity index (χ2v) is 3.04. The topological polar surface area (TPSA) is 39.4 Å². The molecule has 0 saturated heterocycles. The Morgan fingerprint density at radius 1 is 1.29 bits per heavy atom. The van der Waals surface area contributed by atoms with E-state index in [0.717, 1.165) is 0 Å². The van der Waals surface area contributed by atoms with E-state index >= 15 is 0 Å². The van der Waals surface area contributed by atoms with Crippen molar-refractivity contribution in [2.45, 2.75) is 6.92 Å².